The molecule has 8 nitrogen and oxygen atoms in total. The van der Waals surface area contributed by atoms with Gasteiger partial charge in [0.15, 0.2) is 0 Å². The number of aromatic nitrogens is 3. The number of hydrogen-bond donors (Lipinski definition) is 0. The summed E-state index contributed by atoms with van der Waals surface area (Å²) in [7, 11) is 1.76. The first kappa shape index (κ1) is 17.4. The van der Waals surface area contributed by atoms with E-state index in [-0.39, 0.29) is 24.5 Å². The van der Waals surface area contributed by atoms with Crippen LogP contribution in [0.2, 0.25) is 0 Å². The lowest BCUT2D eigenvalue weighted by atomic mass is 10.2. The summed E-state index contributed by atoms with van der Waals surface area (Å²) in [6, 6.07) is -0.201. The first-order valence-corrected chi connectivity index (χ1v) is 8.08. The molecule has 1 amide bonds. The standard InChI is InChI=1S/C15H25N5O3/c1-4-18(3)14(21)11-20-10-12(16-17-20)9-19-8-6-7-13(19)15(22)23-5-2/h10,13H,4-9,11H2,1-3H3/t13-/m1/s1. The molecule has 0 spiro atoms. The Morgan fingerprint density at radius 3 is 2.91 bits per heavy atom. The van der Waals surface area contributed by atoms with Crippen molar-refractivity contribution in [3.8, 4) is 0 Å². The summed E-state index contributed by atoms with van der Waals surface area (Å²) in [5, 5.41) is 8.10. The summed E-state index contributed by atoms with van der Waals surface area (Å²) in [5.41, 5.74) is 0.758. The Labute approximate surface area is 136 Å². The van der Waals surface area contributed by atoms with Gasteiger partial charge in [-0.1, -0.05) is 5.21 Å². The van der Waals surface area contributed by atoms with E-state index in [0.717, 1.165) is 25.1 Å². The van der Waals surface area contributed by atoms with E-state index in [1.54, 1.807) is 22.8 Å². The van der Waals surface area contributed by atoms with E-state index in [9.17, 15) is 9.59 Å². The highest BCUT2D eigenvalue weighted by atomic mass is 16.5. The van der Waals surface area contributed by atoms with Crippen LogP contribution in [0.25, 0.3) is 0 Å². The molecule has 1 saturated heterocycles. The van der Waals surface area contributed by atoms with Gasteiger partial charge in [0.2, 0.25) is 5.91 Å². The number of carbonyl (C=O) groups is 2. The van der Waals surface area contributed by atoms with Gasteiger partial charge in [0.25, 0.3) is 0 Å². The van der Waals surface area contributed by atoms with Gasteiger partial charge in [-0.3, -0.25) is 14.5 Å². The average molecular weight is 323 g/mol. The molecular weight excluding hydrogens is 298 g/mol. The lowest BCUT2D eigenvalue weighted by Gasteiger charge is -2.21. The molecule has 23 heavy (non-hydrogen) atoms. The number of rotatable bonds is 7. The highest BCUT2D eigenvalue weighted by Gasteiger charge is 2.32. The summed E-state index contributed by atoms with van der Waals surface area (Å²) < 4.78 is 6.66. The summed E-state index contributed by atoms with van der Waals surface area (Å²) in [6.07, 6.45) is 3.55. The van der Waals surface area contributed by atoms with Crippen LogP contribution < -0.4 is 0 Å². The van der Waals surface area contributed by atoms with Crippen LogP contribution >= 0.6 is 0 Å². The fourth-order valence-corrected chi connectivity index (χ4v) is 2.65. The predicted molar refractivity (Wildman–Crippen MR) is 83.4 cm³/mol. The summed E-state index contributed by atoms with van der Waals surface area (Å²) in [4.78, 5) is 27.5. The SMILES string of the molecule is CCOC(=O)[C@H]1CCCN1Cc1cn(CC(=O)N(C)CC)nn1. The minimum atomic E-state index is -0.201. The average Bonchev–Trinajstić information content (AvgIpc) is 3.16. The molecule has 2 heterocycles. The zero-order valence-electron chi connectivity index (χ0n) is 14.1. The van der Waals surface area contributed by atoms with Crippen LogP contribution in [0.3, 0.4) is 0 Å². The number of carbonyl (C=O) groups excluding carboxylic acids is 2. The lowest BCUT2D eigenvalue weighted by Crippen LogP contribution is -2.36. The Morgan fingerprint density at radius 1 is 1.43 bits per heavy atom. The number of likely N-dealkylation sites (N-methyl/N-ethyl adjacent to an activating group) is 1. The van der Waals surface area contributed by atoms with Gasteiger partial charge in [0, 0.05) is 20.1 Å². The maximum Gasteiger partial charge on any atom is 0.323 e. The van der Waals surface area contributed by atoms with Crippen molar-refractivity contribution in [2.24, 2.45) is 0 Å². The number of amides is 1. The second kappa shape index (κ2) is 8.05. The van der Waals surface area contributed by atoms with Gasteiger partial charge in [-0.15, -0.1) is 5.10 Å². The molecular formula is C15H25N5O3. The van der Waals surface area contributed by atoms with E-state index in [2.05, 4.69) is 15.2 Å². The van der Waals surface area contributed by atoms with Crippen LogP contribution in [0.4, 0.5) is 0 Å². The van der Waals surface area contributed by atoms with Crippen molar-refractivity contribution in [2.75, 3.05) is 26.7 Å². The highest BCUT2D eigenvalue weighted by molar-refractivity contribution is 5.76. The van der Waals surface area contributed by atoms with Crippen molar-refractivity contribution in [1.82, 2.24) is 24.8 Å². The van der Waals surface area contributed by atoms with Gasteiger partial charge < -0.3 is 9.64 Å². The van der Waals surface area contributed by atoms with Gasteiger partial charge >= 0.3 is 5.97 Å². The molecule has 0 radical (unpaired) electrons. The number of ether oxygens (including phenoxy) is 1. The Hall–Kier alpha value is -1.96. The van der Waals surface area contributed by atoms with Gasteiger partial charge in [0.1, 0.15) is 12.6 Å². The molecule has 2 rings (SSSR count). The lowest BCUT2D eigenvalue weighted by molar-refractivity contribution is -0.148. The van der Waals surface area contributed by atoms with E-state index in [4.69, 9.17) is 4.74 Å². The second-order valence-corrected chi connectivity index (χ2v) is 5.70. The molecule has 0 aliphatic carbocycles. The van der Waals surface area contributed by atoms with Crippen molar-refractivity contribution in [2.45, 2.75) is 45.8 Å². The van der Waals surface area contributed by atoms with Crippen molar-refractivity contribution < 1.29 is 14.3 Å². The molecule has 0 unspecified atom stereocenters. The number of hydrogen-bond acceptors (Lipinski definition) is 6. The first-order valence-electron chi connectivity index (χ1n) is 8.08. The highest BCUT2D eigenvalue weighted by Crippen LogP contribution is 2.20. The molecule has 0 saturated carbocycles. The van der Waals surface area contributed by atoms with Crippen LogP contribution in [-0.2, 0) is 27.4 Å². The van der Waals surface area contributed by atoms with E-state index in [1.165, 1.54) is 0 Å². The van der Waals surface area contributed by atoms with Crippen LogP contribution in [0.1, 0.15) is 32.4 Å². The molecule has 128 valence electrons. The largest absolute Gasteiger partial charge is 0.465 e. The third kappa shape index (κ3) is 4.51. The Balaban J connectivity index is 1.93. The number of likely N-dealkylation sites (tertiary alicyclic amines) is 1. The molecule has 1 atom stereocenters. The molecule has 0 aromatic carbocycles. The fourth-order valence-electron chi connectivity index (χ4n) is 2.65. The molecule has 1 aromatic rings. The van der Waals surface area contributed by atoms with Gasteiger partial charge in [-0.25, -0.2) is 4.68 Å². The zero-order valence-corrected chi connectivity index (χ0v) is 14.1. The van der Waals surface area contributed by atoms with Crippen LogP contribution in [0.15, 0.2) is 6.20 Å². The Morgan fingerprint density at radius 2 is 2.22 bits per heavy atom. The number of esters is 1. The third-order valence-corrected chi connectivity index (χ3v) is 4.07. The van der Waals surface area contributed by atoms with E-state index in [0.29, 0.717) is 19.7 Å². The minimum absolute atomic E-state index is 0.00507. The first-order chi connectivity index (χ1) is 11.0. The van der Waals surface area contributed by atoms with Crippen LogP contribution in [-0.4, -0.2) is 69.5 Å². The maximum atomic E-state index is 11.9. The Bertz CT molecular complexity index is 545. The maximum absolute atomic E-state index is 11.9. The molecule has 8 heteroatoms. The predicted octanol–water partition coefficient (Wildman–Crippen LogP) is 0.284. The zero-order chi connectivity index (χ0) is 16.8. The van der Waals surface area contributed by atoms with Gasteiger partial charge in [-0.2, -0.15) is 0 Å². The second-order valence-electron chi connectivity index (χ2n) is 5.70. The fraction of sp³-hybridized carbons (Fsp3) is 0.733. The van der Waals surface area contributed by atoms with Crippen molar-refractivity contribution in [3.05, 3.63) is 11.9 Å². The normalized spacial score (nSPS) is 18.1. The number of nitrogens with zero attached hydrogens (tertiary/aromatic N) is 5. The minimum Gasteiger partial charge on any atom is -0.465 e. The molecule has 0 bridgehead atoms. The summed E-state index contributed by atoms with van der Waals surface area (Å²) in [5.74, 6) is -0.174. The van der Waals surface area contributed by atoms with Crippen molar-refractivity contribution in [1.29, 1.82) is 0 Å². The van der Waals surface area contributed by atoms with Gasteiger partial charge in [-0.05, 0) is 33.2 Å². The van der Waals surface area contributed by atoms with Crippen molar-refractivity contribution >= 4 is 11.9 Å². The summed E-state index contributed by atoms with van der Waals surface area (Å²) >= 11 is 0. The summed E-state index contributed by atoms with van der Waals surface area (Å²) in [6.45, 7) is 6.36. The quantitative estimate of drug-likeness (QED) is 0.671. The Kier molecular flexibility index (Phi) is 6.09. The molecule has 1 fully saturated rings. The van der Waals surface area contributed by atoms with E-state index < -0.39 is 0 Å². The van der Waals surface area contributed by atoms with E-state index in [1.807, 2.05) is 13.8 Å². The van der Waals surface area contributed by atoms with Gasteiger partial charge in [0.05, 0.1) is 18.5 Å². The van der Waals surface area contributed by atoms with Crippen LogP contribution in [0.5, 0.6) is 0 Å². The molecule has 1 aromatic heterocycles. The third-order valence-electron chi connectivity index (χ3n) is 4.07. The van der Waals surface area contributed by atoms with Crippen LogP contribution in [0, 0.1) is 0 Å². The monoisotopic (exact) mass is 323 g/mol. The smallest absolute Gasteiger partial charge is 0.323 e. The molecule has 0 N–H and O–H groups in total. The van der Waals surface area contributed by atoms with Crippen molar-refractivity contribution in [3.63, 3.8) is 0 Å². The molecule has 1 aliphatic rings. The van der Waals surface area contributed by atoms with E-state index >= 15 is 0 Å². The topological polar surface area (TPSA) is 80.6 Å². The molecule has 1 aliphatic heterocycles.